The Morgan fingerprint density at radius 1 is 0.682 bits per heavy atom. The third-order valence-electron chi connectivity index (χ3n) is 5.35. The summed E-state index contributed by atoms with van der Waals surface area (Å²) in [6, 6.07) is 25.2. The van der Waals surface area contributed by atoms with Gasteiger partial charge >= 0.3 is 157 Å². The quantitative estimate of drug-likeness (QED) is 0.690. The standard InChI is InChI=1S/C18H27Si3.Na/c1-20(2,15-17-11-7-5-8-12-17)19-21(3,4)16-18-13-9-6-10-14-18;/h5-14,19H,15-16H2,1-4H3;. The van der Waals surface area contributed by atoms with Crippen LogP contribution in [0.1, 0.15) is 11.1 Å². The van der Waals surface area contributed by atoms with Crippen LogP contribution in [0, 0.1) is 0 Å². The van der Waals surface area contributed by atoms with Crippen LogP contribution in [0.15, 0.2) is 60.7 Å². The first-order valence-corrected chi connectivity index (χ1v) is 23.0. The third-order valence-corrected chi connectivity index (χ3v) is 70.2. The van der Waals surface area contributed by atoms with Crippen molar-refractivity contribution < 1.29 is 0 Å². The molecule has 2 aromatic carbocycles. The molecule has 0 aliphatic rings. The first kappa shape index (κ1) is 18.4. The molecule has 2 aromatic rings. The van der Waals surface area contributed by atoms with Crippen LogP contribution < -0.4 is 0 Å². The maximum atomic E-state index is 2.68. The van der Waals surface area contributed by atoms with Crippen LogP contribution in [0.25, 0.3) is 0 Å². The van der Waals surface area contributed by atoms with E-state index in [2.05, 4.69) is 86.9 Å². The summed E-state index contributed by atoms with van der Waals surface area (Å²) in [6.45, 7) is 10.7. The second kappa shape index (κ2) is 7.77. The first-order chi connectivity index (χ1) is 10.3. The molecule has 0 fully saturated rings. The molecule has 0 spiro atoms. The van der Waals surface area contributed by atoms with Gasteiger partial charge in [-0.3, -0.25) is 0 Å². The summed E-state index contributed by atoms with van der Waals surface area (Å²) in [5.74, 6) is 0. The Kier molecular flexibility index (Phi) is 6.51. The van der Waals surface area contributed by atoms with E-state index >= 15 is 0 Å². The molecule has 0 saturated carbocycles. The summed E-state index contributed by atoms with van der Waals surface area (Å²) in [7, 11) is -2.15. The molecule has 0 saturated heterocycles. The van der Waals surface area contributed by atoms with Gasteiger partial charge in [0, 0.05) is 0 Å². The molecule has 112 valence electrons. The van der Waals surface area contributed by atoms with Crippen LogP contribution in [0.5, 0.6) is 0 Å². The van der Waals surface area contributed by atoms with E-state index in [4.69, 9.17) is 0 Å². The topological polar surface area (TPSA) is 0 Å². The summed E-state index contributed by atoms with van der Waals surface area (Å²) in [6.07, 6.45) is 0. The number of hydrogen-bond acceptors (Lipinski definition) is 0. The molecule has 2 rings (SSSR count). The minimum atomic E-state index is -1.07. The van der Waals surface area contributed by atoms with Crippen molar-refractivity contribution in [1.29, 1.82) is 0 Å². The molecular formula is C18H27NaSi3. The Bertz CT molecular complexity index is 528. The van der Waals surface area contributed by atoms with Crippen molar-refractivity contribution in [3.05, 3.63) is 71.8 Å². The van der Waals surface area contributed by atoms with E-state index in [1.807, 2.05) is 0 Å². The number of hydrogen-bond donors (Lipinski definition) is 0. The average Bonchev–Trinajstić information content (AvgIpc) is 2.47. The summed E-state index contributed by atoms with van der Waals surface area (Å²) in [5.41, 5.74) is 3.16. The molecule has 0 aliphatic heterocycles. The van der Waals surface area contributed by atoms with E-state index in [-0.39, 0.29) is 0 Å². The second-order valence-electron chi connectivity index (χ2n) is 8.02. The number of rotatable bonds is 6. The molecular weight excluding hydrogens is 323 g/mol. The molecule has 0 aromatic heterocycles. The van der Waals surface area contributed by atoms with Crippen molar-refractivity contribution in [2.24, 2.45) is 0 Å². The van der Waals surface area contributed by atoms with Gasteiger partial charge < -0.3 is 0 Å². The zero-order valence-electron chi connectivity index (χ0n) is 14.8. The van der Waals surface area contributed by atoms with Crippen LogP contribution in [-0.2, 0) is 12.1 Å². The van der Waals surface area contributed by atoms with Crippen molar-refractivity contribution in [1.82, 2.24) is 0 Å². The predicted molar refractivity (Wildman–Crippen MR) is 108 cm³/mol. The molecule has 4 heteroatoms. The van der Waals surface area contributed by atoms with E-state index in [1.165, 1.54) is 39.1 Å². The monoisotopic (exact) mass is 350 g/mol. The van der Waals surface area contributed by atoms with E-state index in [9.17, 15) is 0 Å². The van der Waals surface area contributed by atoms with Crippen LogP contribution in [-0.4, -0.2) is 46.6 Å². The third kappa shape index (κ3) is 5.05. The molecule has 22 heavy (non-hydrogen) atoms. The predicted octanol–water partition coefficient (Wildman–Crippen LogP) is 4.02. The van der Waals surface area contributed by atoms with Gasteiger partial charge in [0.25, 0.3) is 0 Å². The van der Waals surface area contributed by atoms with Gasteiger partial charge in [-0.1, -0.05) is 0 Å². The molecule has 0 heterocycles. The zero-order chi connectivity index (χ0) is 16.2. The summed E-state index contributed by atoms with van der Waals surface area (Å²) in [5, 5.41) is 0. The van der Waals surface area contributed by atoms with Crippen LogP contribution in [0.3, 0.4) is 0 Å². The van der Waals surface area contributed by atoms with Crippen molar-refractivity contribution in [2.45, 2.75) is 38.3 Å². The SMILES string of the molecule is C[Si](C)(Cc1ccccc1)[SiH]([Na])[Si](C)(C)Cc1ccccc1. The van der Waals surface area contributed by atoms with Gasteiger partial charge in [-0.05, 0) is 0 Å². The van der Waals surface area contributed by atoms with Gasteiger partial charge in [-0.2, -0.15) is 0 Å². The van der Waals surface area contributed by atoms with Gasteiger partial charge in [0.05, 0.1) is 0 Å². The second-order valence-corrected chi connectivity index (χ2v) is 44.8. The first-order valence-electron chi connectivity index (χ1n) is 8.39. The van der Waals surface area contributed by atoms with E-state index < -0.39 is 19.6 Å². The Morgan fingerprint density at radius 3 is 1.32 bits per heavy atom. The molecule has 0 N–H and O–H groups in total. The fourth-order valence-corrected chi connectivity index (χ4v) is 43.1. The normalized spacial score (nSPS) is 12.7. The van der Waals surface area contributed by atoms with Gasteiger partial charge in [0.2, 0.25) is 0 Å². The van der Waals surface area contributed by atoms with Gasteiger partial charge in [0.1, 0.15) is 0 Å². The van der Waals surface area contributed by atoms with E-state index in [0.717, 1.165) is 0 Å². The van der Waals surface area contributed by atoms with Gasteiger partial charge in [-0.25, -0.2) is 0 Å². The van der Waals surface area contributed by atoms with Gasteiger partial charge in [-0.15, -0.1) is 0 Å². The molecule has 0 nitrogen and oxygen atoms in total. The van der Waals surface area contributed by atoms with E-state index in [1.54, 1.807) is 11.1 Å². The molecule has 0 bridgehead atoms. The summed E-state index contributed by atoms with van der Waals surface area (Å²) >= 11 is 1.49. The fourth-order valence-electron chi connectivity index (χ4n) is 3.61. The van der Waals surface area contributed by atoms with E-state index in [0.29, 0.717) is 0 Å². The summed E-state index contributed by atoms with van der Waals surface area (Å²) in [4.78, 5) is 0. The minimum absolute atomic E-state index is 0.543. The molecule has 0 unspecified atom stereocenters. The maximum absolute atomic E-state index is 2.68. The van der Waals surface area contributed by atoms with Crippen molar-refractivity contribution >= 4 is 46.6 Å². The summed E-state index contributed by atoms with van der Waals surface area (Å²) < 4.78 is -0.543. The van der Waals surface area contributed by atoms with Crippen molar-refractivity contribution in [2.75, 3.05) is 0 Å². The molecule has 0 amide bonds. The fraction of sp³-hybridized carbons (Fsp3) is 0.333. The Balaban J connectivity index is 2.12. The van der Waals surface area contributed by atoms with Crippen LogP contribution >= 0.6 is 0 Å². The van der Waals surface area contributed by atoms with Crippen molar-refractivity contribution in [3.63, 3.8) is 0 Å². The van der Waals surface area contributed by atoms with Crippen LogP contribution in [0.2, 0.25) is 26.2 Å². The molecule has 0 atom stereocenters. The Labute approximate surface area is 155 Å². The van der Waals surface area contributed by atoms with Crippen LogP contribution in [0.4, 0.5) is 0 Å². The average molecular weight is 351 g/mol. The molecule has 0 radical (unpaired) electrons. The van der Waals surface area contributed by atoms with Crippen molar-refractivity contribution in [3.8, 4) is 0 Å². The molecule has 0 aliphatic carbocycles. The number of benzene rings is 2. The van der Waals surface area contributed by atoms with Gasteiger partial charge in [0.15, 0.2) is 0 Å². The zero-order valence-corrected chi connectivity index (χ0v) is 19.9. The Morgan fingerprint density at radius 2 is 1.00 bits per heavy atom. The Hall–Kier alpha value is 0.0906.